The second-order valence-electron chi connectivity index (χ2n) is 7.85. The Morgan fingerprint density at radius 2 is 2.08 bits per heavy atom. The van der Waals surface area contributed by atoms with Gasteiger partial charge in [-0.1, -0.05) is 19.6 Å². The number of hydrogen-bond acceptors (Lipinski definition) is 5. The maximum Gasteiger partial charge on any atom is 0.423 e. The molecule has 0 unspecified atom stereocenters. The molecule has 6 nitrogen and oxygen atoms in total. The van der Waals surface area contributed by atoms with E-state index in [1.165, 1.54) is 0 Å². The molecule has 26 heavy (non-hydrogen) atoms. The van der Waals surface area contributed by atoms with Crippen molar-refractivity contribution in [3.05, 3.63) is 22.1 Å². The highest BCUT2D eigenvalue weighted by atomic mass is 28.3. The number of alkyl halides is 3. The first kappa shape index (κ1) is 20.9. The van der Waals surface area contributed by atoms with Crippen molar-refractivity contribution in [3.63, 3.8) is 0 Å². The zero-order valence-corrected chi connectivity index (χ0v) is 16.3. The number of anilines is 1. The van der Waals surface area contributed by atoms with Gasteiger partial charge in [0.2, 0.25) is 0 Å². The number of aromatic nitrogens is 2. The monoisotopic (exact) mass is 393 g/mol. The van der Waals surface area contributed by atoms with E-state index in [2.05, 4.69) is 30.1 Å². The lowest BCUT2D eigenvalue weighted by Crippen LogP contribution is -2.35. The summed E-state index contributed by atoms with van der Waals surface area (Å²) in [7, 11) is -1.33. The normalized spacial score (nSPS) is 16.6. The number of aliphatic hydroxyl groups excluding tert-OH is 1. The van der Waals surface area contributed by atoms with Crippen LogP contribution in [-0.4, -0.2) is 42.2 Å². The fourth-order valence-corrected chi connectivity index (χ4v) is 3.26. The maximum atomic E-state index is 13.4. The fourth-order valence-electron chi connectivity index (χ4n) is 2.50. The molecule has 148 valence electrons. The van der Waals surface area contributed by atoms with Crippen LogP contribution in [0.15, 0.2) is 11.0 Å². The summed E-state index contributed by atoms with van der Waals surface area (Å²) in [6, 6.07) is 0.328. The molecule has 1 aromatic heterocycles. The van der Waals surface area contributed by atoms with Crippen molar-refractivity contribution in [1.29, 1.82) is 0 Å². The number of ether oxygens (including phenoxy) is 1. The van der Waals surface area contributed by atoms with E-state index in [9.17, 15) is 23.1 Å². The second kappa shape index (κ2) is 8.09. The molecule has 0 aromatic carbocycles. The van der Waals surface area contributed by atoms with Crippen molar-refractivity contribution in [2.24, 2.45) is 5.92 Å². The molecule has 1 atom stereocenters. The molecule has 0 radical (unpaired) electrons. The summed E-state index contributed by atoms with van der Waals surface area (Å²) in [5.74, 6) is 0.119. The average Bonchev–Trinajstić information content (AvgIpc) is 3.33. The molecule has 1 fully saturated rings. The summed E-state index contributed by atoms with van der Waals surface area (Å²) >= 11 is 0. The van der Waals surface area contributed by atoms with Gasteiger partial charge in [-0.05, 0) is 24.8 Å². The maximum absolute atomic E-state index is 13.4. The number of rotatable bonds is 9. The van der Waals surface area contributed by atoms with Gasteiger partial charge in [-0.25, -0.2) is 4.68 Å². The lowest BCUT2D eigenvalue weighted by Gasteiger charge is -2.21. The molecule has 2 N–H and O–H groups in total. The molecule has 1 aliphatic rings. The molecular formula is C16H26F3N3O3Si. The highest BCUT2D eigenvalue weighted by Crippen LogP contribution is 2.36. The van der Waals surface area contributed by atoms with Crippen LogP contribution in [0.2, 0.25) is 25.7 Å². The highest BCUT2D eigenvalue weighted by molar-refractivity contribution is 6.76. The third-order valence-electron chi connectivity index (χ3n) is 4.27. The van der Waals surface area contributed by atoms with E-state index in [0.717, 1.165) is 25.1 Å². The molecule has 2 rings (SSSR count). The van der Waals surface area contributed by atoms with Crippen molar-refractivity contribution in [1.82, 2.24) is 9.78 Å². The van der Waals surface area contributed by atoms with Crippen LogP contribution < -0.4 is 10.9 Å². The number of halogens is 3. The Morgan fingerprint density at radius 3 is 2.58 bits per heavy atom. The molecule has 1 aromatic rings. The third kappa shape index (κ3) is 5.81. The molecule has 1 heterocycles. The van der Waals surface area contributed by atoms with E-state index in [1.54, 1.807) is 0 Å². The van der Waals surface area contributed by atoms with Gasteiger partial charge < -0.3 is 15.2 Å². The molecular weight excluding hydrogens is 367 g/mol. The number of nitrogens with one attached hydrogen (secondary N) is 1. The van der Waals surface area contributed by atoms with Crippen LogP contribution in [0.5, 0.6) is 0 Å². The Balaban J connectivity index is 2.17. The standard InChI is InChI=1S/C16H26F3N3O3Si/c1-26(2,3)7-6-25-10-22-15(24)14(16(17,18)19)12(8-20-22)21-13(9-23)11-4-5-11/h8,11,13,21,23H,4-7,9-10H2,1-3H3/t13-/m1/s1. The Hall–Kier alpha value is -1.39. The summed E-state index contributed by atoms with van der Waals surface area (Å²) in [4.78, 5) is 12.3. The zero-order chi connectivity index (χ0) is 19.5. The lowest BCUT2D eigenvalue weighted by atomic mass is 10.1. The van der Waals surface area contributed by atoms with Crippen LogP contribution in [0.25, 0.3) is 0 Å². The average molecular weight is 393 g/mol. The quantitative estimate of drug-likeness (QED) is 0.498. The molecule has 10 heteroatoms. The first-order valence-corrected chi connectivity index (χ1v) is 12.4. The second-order valence-corrected chi connectivity index (χ2v) is 13.5. The Bertz CT molecular complexity index is 669. The summed E-state index contributed by atoms with van der Waals surface area (Å²) in [5, 5.41) is 15.8. The first-order valence-electron chi connectivity index (χ1n) is 8.65. The van der Waals surface area contributed by atoms with Crippen LogP contribution in [0.4, 0.5) is 18.9 Å². The SMILES string of the molecule is C[Si](C)(C)CCOCn1ncc(N[C@H](CO)C2CC2)c(C(F)(F)F)c1=O. The van der Waals surface area contributed by atoms with E-state index < -0.39 is 37.1 Å². The zero-order valence-electron chi connectivity index (χ0n) is 15.3. The molecule has 1 aliphatic carbocycles. The van der Waals surface area contributed by atoms with Gasteiger partial charge in [0.25, 0.3) is 5.56 Å². The number of hydrogen-bond donors (Lipinski definition) is 2. The smallest absolute Gasteiger partial charge is 0.394 e. The highest BCUT2D eigenvalue weighted by Gasteiger charge is 2.40. The Labute approximate surface area is 151 Å². The van der Waals surface area contributed by atoms with Crippen molar-refractivity contribution in [3.8, 4) is 0 Å². The fraction of sp³-hybridized carbons (Fsp3) is 0.750. The minimum atomic E-state index is -4.83. The Morgan fingerprint density at radius 1 is 1.42 bits per heavy atom. The van der Waals surface area contributed by atoms with Crippen LogP contribution in [0.1, 0.15) is 18.4 Å². The van der Waals surface area contributed by atoms with E-state index in [1.807, 2.05) is 0 Å². The molecule has 1 saturated carbocycles. The molecule has 0 saturated heterocycles. The third-order valence-corrected chi connectivity index (χ3v) is 5.97. The lowest BCUT2D eigenvalue weighted by molar-refractivity contribution is -0.138. The van der Waals surface area contributed by atoms with Crippen molar-refractivity contribution < 1.29 is 23.0 Å². The van der Waals surface area contributed by atoms with Gasteiger partial charge >= 0.3 is 6.18 Å². The minimum absolute atomic E-state index is 0.119. The van der Waals surface area contributed by atoms with Crippen LogP contribution in [0, 0.1) is 5.92 Å². The number of aliphatic hydroxyl groups is 1. The molecule has 0 bridgehead atoms. The van der Waals surface area contributed by atoms with Gasteiger partial charge in [0.1, 0.15) is 12.3 Å². The van der Waals surface area contributed by atoms with Gasteiger partial charge in [-0.2, -0.15) is 18.3 Å². The van der Waals surface area contributed by atoms with Crippen molar-refractivity contribution >= 4 is 13.8 Å². The van der Waals surface area contributed by atoms with Gasteiger partial charge in [0.15, 0.2) is 0 Å². The van der Waals surface area contributed by atoms with Gasteiger partial charge in [0.05, 0.1) is 24.5 Å². The first-order chi connectivity index (χ1) is 12.0. The largest absolute Gasteiger partial charge is 0.423 e. The molecule has 0 aliphatic heterocycles. The predicted molar refractivity (Wildman–Crippen MR) is 94.8 cm³/mol. The topological polar surface area (TPSA) is 76.4 Å². The molecule has 0 amide bonds. The van der Waals surface area contributed by atoms with E-state index in [4.69, 9.17) is 4.74 Å². The van der Waals surface area contributed by atoms with Crippen molar-refractivity contribution in [2.45, 2.75) is 57.5 Å². The van der Waals surface area contributed by atoms with Crippen LogP contribution in [0.3, 0.4) is 0 Å². The van der Waals surface area contributed by atoms with E-state index in [0.29, 0.717) is 11.3 Å². The van der Waals surface area contributed by atoms with Crippen LogP contribution in [-0.2, 0) is 17.6 Å². The minimum Gasteiger partial charge on any atom is -0.394 e. The van der Waals surface area contributed by atoms with E-state index in [-0.39, 0.29) is 19.3 Å². The van der Waals surface area contributed by atoms with Gasteiger partial charge in [0, 0.05) is 14.7 Å². The molecule has 0 spiro atoms. The van der Waals surface area contributed by atoms with Crippen LogP contribution >= 0.6 is 0 Å². The summed E-state index contributed by atoms with van der Waals surface area (Å²) in [5.41, 5.74) is -2.95. The van der Waals surface area contributed by atoms with Gasteiger partial charge in [-0.15, -0.1) is 0 Å². The summed E-state index contributed by atoms with van der Waals surface area (Å²) < 4.78 is 46.3. The van der Waals surface area contributed by atoms with E-state index >= 15 is 0 Å². The number of nitrogens with zero attached hydrogens (tertiary/aromatic N) is 2. The van der Waals surface area contributed by atoms with Crippen molar-refractivity contribution in [2.75, 3.05) is 18.5 Å². The summed E-state index contributed by atoms with van der Waals surface area (Å²) in [6.07, 6.45) is -2.16. The Kier molecular flexibility index (Phi) is 6.51. The summed E-state index contributed by atoms with van der Waals surface area (Å²) in [6.45, 7) is 6.21. The predicted octanol–water partition coefficient (Wildman–Crippen LogP) is 2.76. The van der Waals surface area contributed by atoms with Gasteiger partial charge in [-0.3, -0.25) is 4.79 Å².